The summed E-state index contributed by atoms with van der Waals surface area (Å²) >= 11 is 0. The van der Waals surface area contributed by atoms with Crippen molar-refractivity contribution in [3.05, 3.63) is 41.7 Å². The maximum Gasteiger partial charge on any atom is 0.165 e. The zero-order valence-electron chi connectivity index (χ0n) is 14.3. The molecule has 3 rings (SSSR count). The number of hydrogen-bond donors (Lipinski definition) is 0. The monoisotopic (exact) mass is 315 g/mol. The summed E-state index contributed by atoms with van der Waals surface area (Å²) in [5.74, 6) is 0.896. The number of hydrogen-bond acceptors (Lipinski definition) is 5. The van der Waals surface area contributed by atoms with Gasteiger partial charge in [0.2, 0.25) is 0 Å². The summed E-state index contributed by atoms with van der Waals surface area (Å²) in [5.41, 5.74) is 1.14. The maximum absolute atomic E-state index is 5.80. The Labute approximate surface area is 137 Å². The topological polar surface area (TPSA) is 56.1 Å². The second kappa shape index (κ2) is 6.37. The zero-order valence-corrected chi connectivity index (χ0v) is 14.3. The van der Waals surface area contributed by atoms with Crippen molar-refractivity contribution in [1.29, 1.82) is 0 Å². The fourth-order valence-electron chi connectivity index (χ4n) is 3.07. The van der Waals surface area contributed by atoms with Gasteiger partial charge in [-0.3, -0.25) is 4.90 Å². The standard InChI is InChI=1S/C17H25N5O/c1-13-11-23-12-15(14-8-6-5-7-9-14)21(13)10-16-18-19-20-22(16)17(2,3)4/h5-9,13,15H,10-12H2,1-4H3/t13-,15-/m1/s1. The van der Waals surface area contributed by atoms with Gasteiger partial charge in [0, 0.05) is 6.04 Å². The van der Waals surface area contributed by atoms with Crippen LogP contribution >= 0.6 is 0 Å². The summed E-state index contributed by atoms with van der Waals surface area (Å²) in [6.07, 6.45) is 0. The van der Waals surface area contributed by atoms with Gasteiger partial charge in [0.15, 0.2) is 5.82 Å². The van der Waals surface area contributed by atoms with Crippen molar-refractivity contribution >= 4 is 0 Å². The Balaban J connectivity index is 1.88. The molecule has 2 atom stereocenters. The molecule has 1 aliphatic rings. The molecular weight excluding hydrogens is 290 g/mol. The van der Waals surface area contributed by atoms with E-state index in [1.165, 1.54) is 5.56 Å². The molecule has 1 aliphatic heterocycles. The summed E-state index contributed by atoms with van der Waals surface area (Å²) in [6.45, 7) is 10.7. The first-order valence-corrected chi connectivity index (χ1v) is 8.13. The third-order valence-corrected chi connectivity index (χ3v) is 4.28. The highest BCUT2D eigenvalue weighted by Crippen LogP contribution is 2.29. The molecule has 1 saturated heterocycles. The molecule has 0 unspecified atom stereocenters. The summed E-state index contributed by atoms with van der Waals surface area (Å²) in [6, 6.07) is 11.1. The van der Waals surface area contributed by atoms with Crippen LogP contribution in [0.4, 0.5) is 0 Å². The number of morpholine rings is 1. The minimum atomic E-state index is -0.128. The Morgan fingerprint density at radius 3 is 2.61 bits per heavy atom. The largest absolute Gasteiger partial charge is 0.378 e. The molecule has 124 valence electrons. The summed E-state index contributed by atoms with van der Waals surface area (Å²) < 4.78 is 7.71. The Morgan fingerprint density at radius 2 is 1.91 bits per heavy atom. The minimum Gasteiger partial charge on any atom is -0.378 e. The second-order valence-electron chi connectivity index (χ2n) is 7.16. The van der Waals surface area contributed by atoms with E-state index in [0.29, 0.717) is 19.2 Å². The molecule has 0 bridgehead atoms. The van der Waals surface area contributed by atoms with Gasteiger partial charge in [-0.1, -0.05) is 30.3 Å². The fraction of sp³-hybridized carbons (Fsp3) is 0.588. The lowest BCUT2D eigenvalue weighted by molar-refractivity contribution is -0.0510. The van der Waals surface area contributed by atoms with Crippen LogP contribution in [-0.4, -0.2) is 44.4 Å². The van der Waals surface area contributed by atoms with Crippen molar-refractivity contribution in [2.75, 3.05) is 13.2 Å². The van der Waals surface area contributed by atoms with Gasteiger partial charge in [-0.2, -0.15) is 0 Å². The molecule has 0 saturated carbocycles. The molecule has 0 radical (unpaired) electrons. The highest BCUT2D eigenvalue weighted by atomic mass is 16.5. The lowest BCUT2D eigenvalue weighted by Crippen LogP contribution is -2.46. The SMILES string of the molecule is C[C@@H]1COC[C@H](c2ccccc2)N1Cc1nnnn1C(C)(C)C. The van der Waals surface area contributed by atoms with Crippen LogP contribution in [-0.2, 0) is 16.8 Å². The Bertz CT molecular complexity index is 634. The van der Waals surface area contributed by atoms with E-state index in [2.05, 4.69) is 72.4 Å². The van der Waals surface area contributed by atoms with Gasteiger partial charge in [0.05, 0.1) is 31.3 Å². The molecule has 6 nitrogen and oxygen atoms in total. The van der Waals surface area contributed by atoms with Crippen LogP contribution in [0, 0.1) is 0 Å². The van der Waals surface area contributed by atoms with Crippen LogP contribution < -0.4 is 0 Å². The van der Waals surface area contributed by atoms with Crippen molar-refractivity contribution in [3.63, 3.8) is 0 Å². The van der Waals surface area contributed by atoms with Gasteiger partial charge in [0.25, 0.3) is 0 Å². The van der Waals surface area contributed by atoms with Gasteiger partial charge in [-0.25, -0.2) is 4.68 Å². The number of benzene rings is 1. The molecular formula is C17H25N5O. The van der Waals surface area contributed by atoms with Gasteiger partial charge >= 0.3 is 0 Å². The highest BCUT2D eigenvalue weighted by molar-refractivity contribution is 5.20. The van der Waals surface area contributed by atoms with E-state index in [1.54, 1.807) is 0 Å². The Kier molecular flexibility index (Phi) is 4.46. The van der Waals surface area contributed by atoms with E-state index >= 15 is 0 Å². The lowest BCUT2D eigenvalue weighted by Gasteiger charge is -2.40. The van der Waals surface area contributed by atoms with Crippen LogP contribution in [0.25, 0.3) is 0 Å². The minimum absolute atomic E-state index is 0.128. The molecule has 0 amide bonds. The number of tetrazole rings is 1. The first kappa shape index (κ1) is 16.1. The molecule has 0 N–H and O–H groups in total. The molecule has 2 aromatic rings. The Hall–Kier alpha value is -1.79. The first-order valence-electron chi connectivity index (χ1n) is 8.13. The van der Waals surface area contributed by atoms with Crippen molar-refractivity contribution in [2.24, 2.45) is 0 Å². The van der Waals surface area contributed by atoms with E-state index < -0.39 is 0 Å². The van der Waals surface area contributed by atoms with Crippen molar-refractivity contribution < 1.29 is 4.74 Å². The van der Waals surface area contributed by atoms with Crippen LogP contribution in [0.3, 0.4) is 0 Å². The van der Waals surface area contributed by atoms with Gasteiger partial charge < -0.3 is 4.74 Å². The second-order valence-corrected chi connectivity index (χ2v) is 7.16. The van der Waals surface area contributed by atoms with Gasteiger partial charge in [-0.05, 0) is 43.7 Å². The third kappa shape index (κ3) is 3.43. The van der Waals surface area contributed by atoms with Crippen molar-refractivity contribution in [3.8, 4) is 0 Å². The number of ether oxygens (including phenoxy) is 1. The van der Waals surface area contributed by atoms with Gasteiger partial charge in [0.1, 0.15) is 0 Å². The van der Waals surface area contributed by atoms with E-state index in [9.17, 15) is 0 Å². The fourth-order valence-corrected chi connectivity index (χ4v) is 3.07. The molecule has 1 aromatic carbocycles. The van der Waals surface area contributed by atoms with Crippen molar-refractivity contribution in [2.45, 2.75) is 51.9 Å². The summed E-state index contributed by atoms with van der Waals surface area (Å²) in [4.78, 5) is 2.44. The highest BCUT2D eigenvalue weighted by Gasteiger charge is 2.32. The van der Waals surface area contributed by atoms with E-state index in [0.717, 1.165) is 12.4 Å². The van der Waals surface area contributed by atoms with Gasteiger partial charge in [-0.15, -0.1) is 5.10 Å². The normalized spacial score (nSPS) is 23.1. The number of aromatic nitrogens is 4. The molecule has 6 heteroatoms. The van der Waals surface area contributed by atoms with E-state index in [-0.39, 0.29) is 11.6 Å². The number of nitrogens with zero attached hydrogens (tertiary/aromatic N) is 5. The molecule has 0 aliphatic carbocycles. The molecule has 23 heavy (non-hydrogen) atoms. The average molecular weight is 315 g/mol. The van der Waals surface area contributed by atoms with E-state index in [4.69, 9.17) is 4.74 Å². The molecule has 1 fully saturated rings. The molecule has 1 aromatic heterocycles. The summed E-state index contributed by atoms with van der Waals surface area (Å²) in [5, 5.41) is 12.3. The van der Waals surface area contributed by atoms with Crippen LogP contribution in [0.1, 0.15) is 45.1 Å². The van der Waals surface area contributed by atoms with Crippen LogP contribution in [0.5, 0.6) is 0 Å². The number of rotatable bonds is 3. The smallest absolute Gasteiger partial charge is 0.165 e. The first-order chi connectivity index (χ1) is 11.0. The quantitative estimate of drug-likeness (QED) is 0.870. The van der Waals surface area contributed by atoms with Crippen molar-refractivity contribution in [1.82, 2.24) is 25.1 Å². The summed E-state index contributed by atoms with van der Waals surface area (Å²) in [7, 11) is 0. The lowest BCUT2D eigenvalue weighted by atomic mass is 10.0. The predicted octanol–water partition coefficient (Wildman–Crippen LogP) is 2.39. The van der Waals surface area contributed by atoms with Crippen LogP contribution in [0.2, 0.25) is 0 Å². The molecule has 0 spiro atoms. The Morgan fingerprint density at radius 1 is 1.17 bits per heavy atom. The zero-order chi connectivity index (χ0) is 16.4. The third-order valence-electron chi connectivity index (χ3n) is 4.28. The van der Waals surface area contributed by atoms with Crippen LogP contribution in [0.15, 0.2) is 30.3 Å². The maximum atomic E-state index is 5.80. The average Bonchev–Trinajstić information content (AvgIpc) is 2.99. The van der Waals surface area contributed by atoms with E-state index in [1.807, 2.05) is 10.7 Å². The predicted molar refractivity (Wildman–Crippen MR) is 87.8 cm³/mol. The molecule has 2 heterocycles.